The van der Waals surface area contributed by atoms with Gasteiger partial charge in [0.1, 0.15) is 18.1 Å². The lowest BCUT2D eigenvalue weighted by Gasteiger charge is -2.19. The van der Waals surface area contributed by atoms with Gasteiger partial charge in [-0.25, -0.2) is 4.98 Å². The first-order valence-corrected chi connectivity index (χ1v) is 11.3. The van der Waals surface area contributed by atoms with Gasteiger partial charge in [-0.1, -0.05) is 42.3 Å². The summed E-state index contributed by atoms with van der Waals surface area (Å²) in [5.41, 5.74) is 2.56. The van der Waals surface area contributed by atoms with Crippen LogP contribution in [0.4, 0.5) is 5.82 Å². The van der Waals surface area contributed by atoms with Crippen molar-refractivity contribution in [3.63, 3.8) is 0 Å². The third-order valence-corrected chi connectivity index (χ3v) is 5.32. The number of aromatic nitrogens is 2. The van der Waals surface area contributed by atoms with Crippen LogP contribution in [0.5, 0.6) is 0 Å². The summed E-state index contributed by atoms with van der Waals surface area (Å²) in [6.45, 7) is 5.74. The lowest BCUT2D eigenvalue weighted by molar-refractivity contribution is -0.144. The molecule has 1 atom stereocenters. The molecule has 0 saturated carbocycles. The van der Waals surface area contributed by atoms with E-state index in [4.69, 9.17) is 27.9 Å². The van der Waals surface area contributed by atoms with Crippen molar-refractivity contribution in [1.29, 1.82) is 0 Å². The molecule has 2 aromatic heterocycles. The van der Waals surface area contributed by atoms with Crippen LogP contribution in [0, 0.1) is 0 Å². The van der Waals surface area contributed by atoms with Crippen molar-refractivity contribution in [2.24, 2.45) is 0 Å². The number of nitrogens with one attached hydrogen (secondary N) is 3. The first kappa shape index (κ1) is 24.6. The van der Waals surface area contributed by atoms with Gasteiger partial charge in [-0.15, -0.1) is 0 Å². The van der Waals surface area contributed by atoms with Crippen molar-refractivity contribution < 1.29 is 14.3 Å². The number of amides is 1. The Morgan fingerprint density at radius 2 is 1.97 bits per heavy atom. The smallest absolute Gasteiger partial charge is 0.305 e. The Morgan fingerprint density at radius 3 is 2.67 bits per heavy atom. The fourth-order valence-corrected chi connectivity index (χ4v) is 3.59. The number of rotatable bonds is 9. The van der Waals surface area contributed by atoms with Gasteiger partial charge in [0, 0.05) is 41.0 Å². The van der Waals surface area contributed by atoms with Crippen LogP contribution in [-0.4, -0.2) is 34.5 Å². The molecule has 0 aliphatic heterocycles. The van der Waals surface area contributed by atoms with Crippen LogP contribution in [0.25, 0.3) is 11.1 Å². The Bertz CT molecular complexity index is 1130. The van der Waals surface area contributed by atoms with E-state index in [2.05, 4.69) is 20.6 Å². The van der Waals surface area contributed by atoms with E-state index >= 15 is 0 Å². The molecule has 0 aliphatic carbocycles. The molecule has 0 fully saturated rings. The summed E-state index contributed by atoms with van der Waals surface area (Å²) in [5.74, 6) is -0.0172. The van der Waals surface area contributed by atoms with E-state index in [1.807, 2.05) is 26.0 Å². The minimum absolute atomic E-state index is 0.00721. The standard InChI is InChI=1S/C24H26Cl2N4O3/c1-4-23(31)33-13-21(15-6-5-7-17(25)8-15)30-24(32)20-9-16(11-27-20)18-10-22(29-14(2)3)28-12-19(18)26/h5-12,14,21,27H,4,13H2,1-3H3,(H,28,29)(H,30,32). The minimum atomic E-state index is -0.565. The number of aromatic amines is 1. The highest BCUT2D eigenvalue weighted by Gasteiger charge is 2.20. The van der Waals surface area contributed by atoms with Crippen molar-refractivity contribution in [3.8, 4) is 11.1 Å². The molecule has 3 aromatic rings. The second kappa shape index (κ2) is 11.2. The number of hydrogen-bond acceptors (Lipinski definition) is 5. The van der Waals surface area contributed by atoms with Crippen LogP contribution in [0.1, 0.15) is 49.3 Å². The van der Waals surface area contributed by atoms with E-state index in [0.29, 0.717) is 21.6 Å². The van der Waals surface area contributed by atoms with E-state index in [0.717, 1.165) is 16.7 Å². The number of nitrogens with zero attached hydrogens (tertiary/aromatic N) is 1. The monoisotopic (exact) mass is 488 g/mol. The van der Waals surface area contributed by atoms with Crippen LogP contribution in [-0.2, 0) is 9.53 Å². The minimum Gasteiger partial charge on any atom is -0.463 e. The zero-order valence-corrected chi connectivity index (χ0v) is 20.1. The van der Waals surface area contributed by atoms with Crippen molar-refractivity contribution >= 4 is 40.9 Å². The molecular weight excluding hydrogens is 463 g/mol. The molecule has 9 heteroatoms. The second-order valence-electron chi connectivity index (χ2n) is 7.77. The van der Waals surface area contributed by atoms with E-state index < -0.39 is 6.04 Å². The van der Waals surface area contributed by atoms with Crippen molar-refractivity contribution in [3.05, 3.63) is 70.1 Å². The Kier molecular flexibility index (Phi) is 8.36. The molecule has 3 rings (SSSR count). The van der Waals surface area contributed by atoms with Crippen LogP contribution >= 0.6 is 23.2 Å². The molecule has 1 aromatic carbocycles. The molecule has 0 bridgehead atoms. The summed E-state index contributed by atoms with van der Waals surface area (Å²) in [6, 6.07) is 10.3. The maximum absolute atomic E-state index is 13.0. The highest BCUT2D eigenvalue weighted by atomic mass is 35.5. The zero-order valence-electron chi connectivity index (χ0n) is 18.6. The Balaban J connectivity index is 1.81. The van der Waals surface area contributed by atoms with Gasteiger partial charge in [0.05, 0.1) is 11.1 Å². The normalized spacial score (nSPS) is 11.8. The summed E-state index contributed by atoms with van der Waals surface area (Å²) in [7, 11) is 0. The summed E-state index contributed by atoms with van der Waals surface area (Å²) < 4.78 is 5.28. The van der Waals surface area contributed by atoms with Gasteiger partial charge in [0.2, 0.25) is 0 Å². The molecule has 3 N–H and O–H groups in total. The van der Waals surface area contributed by atoms with Gasteiger partial charge >= 0.3 is 5.97 Å². The number of halogens is 2. The molecule has 0 aliphatic rings. The van der Waals surface area contributed by atoms with Crippen LogP contribution < -0.4 is 10.6 Å². The van der Waals surface area contributed by atoms with E-state index in [1.54, 1.807) is 43.6 Å². The zero-order chi connectivity index (χ0) is 24.0. The van der Waals surface area contributed by atoms with Gasteiger partial charge in [0.25, 0.3) is 5.91 Å². The molecule has 1 unspecified atom stereocenters. The number of pyridine rings is 1. The number of anilines is 1. The number of hydrogen-bond donors (Lipinski definition) is 3. The fraction of sp³-hybridized carbons (Fsp3) is 0.292. The lowest BCUT2D eigenvalue weighted by atomic mass is 10.1. The Morgan fingerprint density at radius 1 is 1.18 bits per heavy atom. The summed E-state index contributed by atoms with van der Waals surface area (Å²) in [5, 5.41) is 7.14. The molecule has 0 radical (unpaired) electrons. The average Bonchev–Trinajstić information content (AvgIpc) is 3.27. The first-order chi connectivity index (χ1) is 15.8. The van der Waals surface area contributed by atoms with Gasteiger partial charge in [-0.05, 0) is 43.7 Å². The molecule has 174 valence electrons. The Hall–Kier alpha value is -3.03. The Labute approximate surface area is 202 Å². The third-order valence-electron chi connectivity index (χ3n) is 4.79. The van der Waals surface area contributed by atoms with Gasteiger partial charge < -0.3 is 20.4 Å². The van der Waals surface area contributed by atoms with Crippen molar-refractivity contribution in [2.45, 2.75) is 39.3 Å². The van der Waals surface area contributed by atoms with Crippen molar-refractivity contribution in [1.82, 2.24) is 15.3 Å². The van der Waals surface area contributed by atoms with Gasteiger partial charge in [-0.2, -0.15) is 0 Å². The van der Waals surface area contributed by atoms with E-state index in [1.165, 1.54) is 0 Å². The number of H-pyrrole nitrogens is 1. The van der Waals surface area contributed by atoms with Crippen LogP contribution in [0.2, 0.25) is 10.0 Å². The number of ether oxygens (including phenoxy) is 1. The molecule has 33 heavy (non-hydrogen) atoms. The third kappa shape index (κ3) is 6.73. The van der Waals surface area contributed by atoms with Gasteiger partial charge in [-0.3, -0.25) is 9.59 Å². The highest BCUT2D eigenvalue weighted by molar-refractivity contribution is 6.33. The number of carbonyl (C=O) groups excluding carboxylic acids is 2. The molecule has 0 spiro atoms. The van der Waals surface area contributed by atoms with Gasteiger partial charge in [0.15, 0.2) is 0 Å². The lowest BCUT2D eigenvalue weighted by Crippen LogP contribution is -2.32. The van der Waals surface area contributed by atoms with E-state index in [9.17, 15) is 9.59 Å². The molecule has 1 amide bonds. The number of benzene rings is 1. The summed E-state index contributed by atoms with van der Waals surface area (Å²) in [4.78, 5) is 31.9. The summed E-state index contributed by atoms with van der Waals surface area (Å²) in [6.07, 6.45) is 3.53. The predicted octanol–water partition coefficient (Wildman–Crippen LogP) is 5.63. The van der Waals surface area contributed by atoms with Crippen LogP contribution in [0.3, 0.4) is 0 Å². The topological polar surface area (TPSA) is 96.1 Å². The number of esters is 1. The quantitative estimate of drug-likeness (QED) is 0.339. The molecule has 0 saturated heterocycles. The molecule has 7 nitrogen and oxygen atoms in total. The second-order valence-corrected chi connectivity index (χ2v) is 8.61. The molecule has 2 heterocycles. The molecular formula is C24H26Cl2N4O3. The largest absolute Gasteiger partial charge is 0.463 e. The maximum atomic E-state index is 13.0. The SMILES string of the molecule is CCC(=O)OCC(NC(=O)c1cc(-c2cc(NC(C)C)ncc2Cl)c[nH]1)c1cccc(Cl)c1. The van der Waals surface area contributed by atoms with E-state index in [-0.39, 0.29) is 30.9 Å². The predicted molar refractivity (Wildman–Crippen MR) is 131 cm³/mol. The fourth-order valence-electron chi connectivity index (χ4n) is 3.17. The first-order valence-electron chi connectivity index (χ1n) is 10.6. The van der Waals surface area contributed by atoms with Crippen LogP contribution in [0.15, 0.2) is 48.8 Å². The average molecular weight is 489 g/mol. The maximum Gasteiger partial charge on any atom is 0.305 e. The number of carbonyl (C=O) groups is 2. The highest BCUT2D eigenvalue weighted by Crippen LogP contribution is 2.30. The van der Waals surface area contributed by atoms with Crippen molar-refractivity contribution in [2.75, 3.05) is 11.9 Å². The summed E-state index contributed by atoms with van der Waals surface area (Å²) >= 11 is 12.5.